The maximum Gasteiger partial charge on any atom is 0.432 e. The van der Waals surface area contributed by atoms with E-state index in [1.54, 1.807) is 22.7 Å². The highest BCUT2D eigenvalue weighted by Gasteiger charge is 2.25. The number of aryl methyl sites for hydroxylation is 1. The van der Waals surface area contributed by atoms with E-state index in [1.165, 1.54) is 18.3 Å². The van der Waals surface area contributed by atoms with Gasteiger partial charge in [-0.25, -0.2) is 18.7 Å². The van der Waals surface area contributed by atoms with Crippen LogP contribution in [-0.4, -0.2) is 36.5 Å². The van der Waals surface area contributed by atoms with Crippen LogP contribution in [0.1, 0.15) is 23.2 Å². The molecule has 0 atom stereocenters. The number of nitrogens with zero attached hydrogens (tertiary/aromatic N) is 5. The van der Waals surface area contributed by atoms with Crippen molar-refractivity contribution < 1.29 is 14.3 Å². The number of hydrazone groups is 1. The quantitative estimate of drug-likeness (QED) is 0.692. The van der Waals surface area contributed by atoms with Gasteiger partial charge in [0.1, 0.15) is 17.2 Å². The van der Waals surface area contributed by atoms with E-state index in [2.05, 4.69) is 10.2 Å². The molecule has 1 aliphatic rings. The van der Waals surface area contributed by atoms with E-state index in [1.807, 2.05) is 13.8 Å². The molecule has 4 rings (SSSR count). The highest BCUT2D eigenvalue weighted by atomic mass is 35.5. The van der Waals surface area contributed by atoms with Crippen molar-refractivity contribution >= 4 is 29.1 Å². The monoisotopic (exact) mass is 399 g/mol. The fraction of sp³-hybridized carbons (Fsp3) is 0.158. The van der Waals surface area contributed by atoms with E-state index in [-0.39, 0.29) is 5.82 Å². The molecule has 0 radical (unpaired) electrons. The lowest BCUT2D eigenvalue weighted by atomic mass is 10.1. The second kappa shape index (κ2) is 6.72. The summed E-state index contributed by atoms with van der Waals surface area (Å²) in [6.07, 6.45) is 2.25. The van der Waals surface area contributed by atoms with E-state index in [9.17, 15) is 14.3 Å². The maximum absolute atomic E-state index is 13.4. The van der Waals surface area contributed by atoms with Crippen molar-refractivity contribution in [2.45, 2.75) is 20.3 Å². The summed E-state index contributed by atoms with van der Waals surface area (Å²) in [4.78, 5) is 16.1. The zero-order valence-electron chi connectivity index (χ0n) is 15.0. The van der Waals surface area contributed by atoms with Gasteiger partial charge in [0.05, 0.1) is 5.71 Å². The molecule has 142 valence electrons. The van der Waals surface area contributed by atoms with Gasteiger partial charge < -0.3 is 5.11 Å². The van der Waals surface area contributed by atoms with Gasteiger partial charge >= 0.3 is 6.09 Å². The van der Waals surface area contributed by atoms with Crippen LogP contribution in [0.15, 0.2) is 41.6 Å². The van der Waals surface area contributed by atoms with E-state index in [4.69, 9.17) is 16.6 Å². The first kappa shape index (κ1) is 18.1. The second-order valence-electron chi connectivity index (χ2n) is 6.35. The lowest BCUT2D eigenvalue weighted by Crippen LogP contribution is -2.24. The minimum atomic E-state index is -1.20. The Bertz CT molecular complexity index is 1170. The van der Waals surface area contributed by atoms with Crippen LogP contribution in [0.5, 0.6) is 0 Å². The highest BCUT2D eigenvalue weighted by molar-refractivity contribution is 6.30. The standard InChI is InChI=1S/C19H15ClFN5O2/c1-10-11(2)18-22-15(12-5-7-13(21)8-6-12)16(26(18)24-17(10)20)14-4-3-9-25(23-14)19(27)28/h3,5-9H,4H2,1-2H3,(H,27,28). The molecule has 3 aromatic rings. The van der Waals surface area contributed by atoms with Crippen molar-refractivity contribution in [1.29, 1.82) is 0 Å². The summed E-state index contributed by atoms with van der Waals surface area (Å²) in [5, 5.41) is 19.0. The Morgan fingerprint density at radius 3 is 2.61 bits per heavy atom. The van der Waals surface area contributed by atoms with E-state index in [0.29, 0.717) is 39.9 Å². The van der Waals surface area contributed by atoms with Crippen LogP contribution in [0.25, 0.3) is 16.9 Å². The molecule has 1 aliphatic heterocycles. The Balaban J connectivity index is 2.03. The first-order chi connectivity index (χ1) is 13.4. The average Bonchev–Trinajstić information content (AvgIpc) is 3.06. The molecular weight excluding hydrogens is 385 g/mol. The normalized spacial score (nSPS) is 13.9. The van der Waals surface area contributed by atoms with Gasteiger partial charge in [-0.05, 0) is 49.2 Å². The number of rotatable bonds is 2. The molecular formula is C19H15ClFN5O2. The van der Waals surface area contributed by atoms with Crippen molar-refractivity contribution in [3.8, 4) is 11.3 Å². The summed E-state index contributed by atoms with van der Waals surface area (Å²) in [7, 11) is 0. The van der Waals surface area contributed by atoms with Crippen molar-refractivity contribution in [3.63, 3.8) is 0 Å². The van der Waals surface area contributed by atoms with Gasteiger partial charge in [-0.15, -0.1) is 0 Å². The Morgan fingerprint density at radius 1 is 1.21 bits per heavy atom. The minimum Gasteiger partial charge on any atom is -0.463 e. The van der Waals surface area contributed by atoms with Crippen molar-refractivity contribution in [3.05, 3.63) is 64.3 Å². The van der Waals surface area contributed by atoms with Crippen LogP contribution >= 0.6 is 11.6 Å². The molecule has 0 fully saturated rings. The molecule has 0 spiro atoms. The molecule has 0 saturated carbocycles. The summed E-state index contributed by atoms with van der Waals surface area (Å²) in [6.45, 7) is 3.74. The molecule has 3 heterocycles. The predicted octanol–water partition coefficient (Wildman–Crippen LogP) is 4.41. The number of imidazole rings is 1. The van der Waals surface area contributed by atoms with E-state index >= 15 is 0 Å². The van der Waals surface area contributed by atoms with E-state index in [0.717, 1.165) is 16.1 Å². The van der Waals surface area contributed by atoms with Gasteiger partial charge in [-0.1, -0.05) is 17.7 Å². The molecule has 0 saturated heterocycles. The smallest absolute Gasteiger partial charge is 0.432 e. The molecule has 1 amide bonds. The lowest BCUT2D eigenvalue weighted by Gasteiger charge is -2.16. The summed E-state index contributed by atoms with van der Waals surface area (Å²) >= 11 is 6.29. The average molecular weight is 400 g/mol. The summed E-state index contributed by atoms with van der Waals surface area (Å²) in [5.74, 6) is -0.364. The Kier molecular flexibility index (Phi) is 4.35. The largest absolute Gasteiger partial charge is 0.463 e. The number of halogens is 2. The number of carboxylic acid groups (broad SMARTS) is 1. The Labute approximate surface area is 164 Å². The molecule has 28 heavy (non-hydrogen) atoms. The molecule has 1 aromatic carbocycles. The highest BCUT2D eigenvalue weighted by Crippen LogP contribution is 2.30. The van der Waals surface area contributed by atoms with Crippen LogP contribution in [0.3, 0.4) is 0 Å². The molecule has 2 aromatic heterocycles. The topological polar surface area (TPSA) is 83.1 Å². The molecule has 0 bridgehead atoms. The Hall–Kier alpha value is -3.26. The fourth-order valence-corrected chi connectivity index (χ4v) is 3.24. The summed E-state index contributed by atoms with van der Waals surface area (Å²) in [6, 6.07) is 5.90. The number of benzene rings is 1. The van der Waals surface area contributed by atoms with Gasteiger partial charge in [-0.2, -0.15) is 15.2 Å². The van der Waals surface area contributed by atoms with Crippen LogP contribution in [0.2, 0.25) is 5.15 Å². The number of allylic oxidation sites excluding steroid dienone is 1. The number of hydrogen-bond donors (Lipinski definition) is 1. The van der Waals surface area contributed by atoms with Crippen LogP contribution in [0.4, 0.5) is 9.18 Å². The van der Waals surface area contributed by atoms with Gasteiger partial charge in [0, 0.05) is 18.2 Å². The second-order valence-corrected chi connectivity index (χ2v) is 6.71. The number of fused-ring (bicyclic) bond motifs is 1. The minimum absolute atomic E-state index is 0.316. The van der Waals surface area contributed by atoms with Crippen molar-refractivity contribution in [1.82, 2.24) is 19.6 Å². The van der Waals surface area contributed by atoms with Crippen LogP contribution < -0.4 is 0 Å². The summed E-state index contributed by atoms with van der Waals surface area (Å²) < 4.78 is 15.0. The number of carbonyl (C=O) groups is 1. The zero-order chi connectivity index (χ0) is 20.0. The van der Waals surface area contributed by atoms with Gasteiger partial charge in [0.25, 0.3) is 0 Å². The molecule has 0 aliphatic carbocycles. The fourth-order valence-electron chi connectivity index (χ4n) is 3.02. The van der Waals surface area contributed by atoms with Crippen molar-refractivity contribution in [2.24, 2.45) is 5.10 Å². The number of aromatic nitrogens is 3. The first-order valence-corrected chi connectivity index (χ1v) is 8.82. The third-order valence-electron chi connectivity index (χ3n) is 4.62. The van der Waals surface area contributed by atoms with Gasteiger partial charge in [0.15, 0.2) is 10.8 Å². The third kappa shape index (κ3) is 2.91. The first-order valence-electron chi connectivity index (χ1n) is 8.45. The molecule has 1 N–H and O–H groups in total. The van der Waals surface area contributed by atoms with Gasteiger partial charge in [-0.3, -0.25) is 0 Å². The van der Waals surface area contributed by atoms with Crippen LogP contribution in [0, 0.1) is 19.7 Å². The molecule has 9 heteroatoms. The lowest BCUT2D eigenvalue weighted by molar-refractivity contribution is 0.163. The van der Waals surface area contributed by atoms with E-state index < -0.39 is 6.09 Å². The Morgan fingerprint density at radius 2 is 1.93 bits per heavy atom. The van der Waals surface area contributed by atoms with Crippen LogP contribution in [-0.2, 0) is 0 Å². The summed E-state index contributed by atoms with van der Waals surface area (Å²) in [5.41, 5.74) is 4.39. The maximum atomic E-state index is 13.4. The predicted molar refractivity (Wildman–Crippen MR) is 103 cm³/mol. The molecule has 0 unspecified atom stereocenters. The SMILES string of the molecule is Cc1c(Cl)nn2c(C3=NN(C(=O)O)C=CC3)c(-c3ccc(F)cc3)nc2c1C. The number of amides is 1. The molecule has 7 nitrogen and oxygen atoms in total. The van der Waals surface area contributed by atoms with Crippen molar-refractivity contribution in [2.75, 3.05) is 0 Å². The zero-order valence-corrected chi connectivity index (χ0v) is 15.8. The number of hydrogen-bond acceptors (Lipinski definition) is 4. The van der Waals surface area contributed by atoms with Gasteiger partial charge in [0.2, 0.25) is 0 Å². The third-order valence-corrected chi connectivity index (χ3v) is 4.98.